The molecule has 1 aliphatic heterocycles. The summed E-state index contributed by atoms with van der Waals surface area (Å²) in [6, 6.07) is 16.7. The predicted octanol–water partition coefficient (Wildman–Crippen LogP) is 6.97. The summed E-state index contributed by atoms with van der Waals surface area (Å²) in [4.78, 5) is 22.7. The van der Waals surface area contributed by atoms with Crippen LogP contribution in [0.2, 0.25) is 0 Å². The quantitative estimate of drug-likeness (QED) is 0.439. The van der Waals surface area contributed by atoms with Crippen LogP contribution in [-0.2, 0) is 4.74 Å². The van der Waals surface area contributed by atoms with Crippen LogP contribution in [0.3, 0.4) is 0 Å². The van der Waals surface area contributed by atoms with E-state index in [4.69, 9.17) is 4.74 Å². The summed E-state index contributed by atoms with van der Waals surface area (Å²) in [6.07, 6.45) is 3.37. The van der Waals surface area contributed by atoms with Crippen LogP contribution < -0.4 is 0 Å². The standard InChI is InChI=1S/C25H28BrN3O2/c1-16-5-14-22(29(16)24(30)31-25(2,3)4)23-27-15-21(28-23)19-8-6-17(7-9-19)18-10-12-20(26)13-11-18/h6-13,15-16,22H,5,14H2,1-4H3,(H,27,28). The van der Waals surface area contributed by atoms with E-state index in [0.717, 1.165) is 40.0 Å². The number of nitrogens with zero attached hydrogens (tertiary/aromatic N) is 2. The average Bonchev–Trinajstić information content (AvgIpc) is 3.34. The zero-order chi connectivity index (χ0) is 22.2. The molecule has 1 aromatic heterocycles. The molecule has 31 heavy (non-hydrogen) atoms. The second-order valence-electron chi connectivity index (χ2n) is 9.10. The van der Waals surface area contributed by atoms with E-state index < -0.39 is 5.60 Å². The highest BCUT2D eigenvalue weighted by Gasteiger charge is 2.39. The van der Waals surface area contributed by atoms with E-state index >= 15 is 0 Å². The molecule has 0 bridgehead atoms. The van der Waals surface area contributed by atoms with Crippen molar-refractivity contribution in [2.45, 2.75) is 58.2 Å². The maximum atomic E-state index is 12.8. The fraction of sp³-hybridized carbons (Fsp3) is 0.360. The number of ether oxygens (including phenoxy) is 1. The van der Waals surface area contributed by atoms with Crippen molar-refractivity contribution in [2.75, 3.05) is 0 Å². The number of imidazole rings is 1. The number of benzene rings is 2. The van der Waals surface area contributed by atoms with Crippen molar-refractivity contribution in [1.29, 1.82) is 0 Å². The number of nitrogens with one attached hydrogen (secondary N) is 1. The number of aromatic amines is 1. The lowest BCUT2D eigenvalue weighted by molar-refractivity contribution is 0.0152. The maximum Gasteiger partial charge on any atom is 0.411 e. The van der Waals surface area contributed by atoms with E-state index in [1.165, 1.54) is 5.56 Å². The Morgan fingerprint density at radius 2 is 1.61 bits per heavy atom. The lowest BCUT2D eigenvalue weighted by Gasteiger charge is -2.30. The third-order valence-corrected chi connectivity index (χ3v) is 6.09. The smallest absolute Gasteiger partial charge is 0.411 e. The first-order chi connectivity index (χ1) is 14.7. The van der Waals surface area contributed by atoms with Gasteiger partial charge in [0, 0.05) is 10.5 Å². The van der Waals surface area contributed by atoms with Crippen molar-refractivity contribution in [1.82, 2.24) is 14.9 Å². The normalized spacial score (nSPS) is 18.9. The van der Waals surface area contributed by atoms with Crippen molar-refractivity contribution in [3.8, 4) is 22.4 Å². The molecule has 2 unspecified atom stereocenters. The Bertz CT molecular complexity index is 1050. The SMILES string of the molecule is CC1CCC(c2ncc(-c3ccc(-c4ccc(Br)cc4)cc3)[nH]2)N1C(=O)OC(C)(C)C. The van der Waals surface area contributed by atoms with Gasteiger partial charge in [0.15, 0.2) is 0 Å². The first-order valence-electron chi connectivity index (χ1n) is 10.6. The summed E-state index contributed by atoms with van der Waals surface area (Å²) in [5, 5.41) is 0. The molecule has 4 rings (SSSR count). The molecule has 0 radical (unpaired) electrons. The molecule has 2 aromatic carbocycles. The van der Waals surface area contributed by atoms with Gasteiger partial charge in [-0.3, -0.25) is 4.90 Å². The van der Waals surface area contributed by atoms with Crippen molar-refractivity contribution in [3.05, 3.63) is 65.0 Å². The van der Waals surface area contributed by atoms with Crippen LogP contribution in [0.4, 0.5) is 4.79 Å². The lowest BCUT2D eigenvalue weighted by Crippen LogP contribution is -2.40. The van der Waals surface area contributed by atoms with Crippen molar-refractivity contribution in [2.24, 2.45) is 0 Å². The first-order valence-corrected chi connectivity index (χ1v) is 11.4. The molecular weight excluding hydrogens is 454 g/mol. The molecule has 1 saturated heterocycles. The van der Waals surface area contributed by atoms with Crippen LogP contribution in [0, 0.1) is 0 Å². The summed E-state index contributed by atoms with van der Waals surface area (Å²) >= 11 is 3.48. The van der Waals surface area contributed by atoms with E-state index in [1.807, 2.05) is 44.0 Å². The van der Waals surface area contributed by atoms with Crippen LogP contribution in [0.25, 0.3) is 22.4 Å². The second kappa shape index (κ2) is 8.50. The summed E-state index contributed by atoms with van der Waals surface area (Å²) < 4.78 is 6.71. The molecule has 1 N–H and O–H groups in total. The number of aromatic nitrogens is 2. The van der Waals surface area contributed by atoms with Gasteiger partial charge < -0.3 is 9.72 Å². The molecule has 2 atom stereocenters. The molecule has 0 aliphatic carbocycles. The molecule has 1 aliphatic rings. The fourth-order valence-corrected chi connectivity index (χ4v) is 4.28. The Morgan fingerprint density at radius 1 is 1.03 bits per heavy atom. The minimum Gasteiger partial charge on any atom is -0.444 e. The zero-order valence-corrected chi connectivity index (χ0v) is 19.9. The topological polar surface area (TPSA) is 58.2 Å². The molecule has 5 nitrogen and oxygen atoms in total. The van der Waals surface area contributed by atoms with E-state index in [1.54, 1.807) is 0 Å². The lowest BCUT2D eigenvalue weighted by atomic mass is 10.0. The minimum absolute atomic E-state index is 0.0966. The highest BCUT2D eigenvalue weighted by molar-refractivity contribution is 9.10. The van der Waals surface area contributed by atoms with Crippen LogP contribution in [0.15, 0.2) is 59.2 Å². The number of amides is 1. The van der Waals surface area contributed by atoms with Crippen LogP contribution in [0.1, 0.15) is 52.4 Å². The maximum absolute atomic E-state index is 12.8. The number of hydrogen-bond acceptors (Lipinski definition) is 3. The van der Waals surface area contributed by atoms with Crippen LogP contribution in [-0.4, -0.2) is 32.6 Å². The Hall–Kier alpha value is -2.60. The summed E-state index contributed by atoms with van der Waals surface area (Å²) in [6.45, 7) is 7.74. The van der Waals surface area contributed by atoms with Gasteiger partial charge in [0.05, 0.1) is 17.9 Å². The van der Waals surface area contributed by atoms with Gasteiger partial charge >= 0.3 is 6.09 Å². The molecule has 1 amide bonds. The molecule has 1 fully saturated rings. The molecule has 2 heterocycles. The molecule has 6 heteroatoms. The summed E-state index contributed by atoms with van der Waals surface area (Å²) in [7, 11) is 0. The van der Waals surface area contributed by atoms with Gasteiger partial charge in [0.25, 0.3) is 0 Å². The second-order valence-corrected chi connectivity index (χ2v) is 10.0. The van der Waals surface area contributed by atoms with E-state index in [0.29, 0.717) is 0 Å². The third-order valence-electron chi connectivity index (χ3n) is 5.56. The molecule has 0 spiro atoms. The van der Waals surface area contributed by atoms with Crippen LogP contribution >= 0.6 is 15.9 Å². The Kier molecular flexibility index (Phi) is 5.93. The number of rotatable bonds is 3. The number of H-pyrrole nitrogens is 1. The van der Waals surface area contributed by atoms with E-state index in [9.17, 15) is 4.79 Å². The fourth-order valence-electron chi connectivity index (χ4n) is 4.01. The molecular formula is C25H28BrN3O2. The van der Waals surface area contributed by atoms with Gasteiger partial charge in [-0.1, -0.05) is 52.3 Å². The van der Waals surface area contributed by atoms with Crippen molar-refractivity contribution in [3.63, 3.8) is 0 Å². The monoisotopic (exact) mass is 481 g/mol. The van der Waals surface area contributed by atoms with Gasteiger partial charge in [-0.25, -0.2) is 9.78 Å². The predicted molar refractivity (Wildman–Crippen MR) is 127 cm³/mol. The minimum atomic E-state index is -0.519. The van der Waals surface area contributed by atoms with Crippen molar-refractivity contribution >= 4 is 22.0 Å². The molecule has 3 aromatic rings. The van der Waals surface area contributed by atoms with Gasteiger partial charge in [0.2, 0.25) is 0 Å². The number of hydrogen-bond donors (Lipinski definition) is 1. The first kappa shape index (κ1) is 21.6. The Morgan fingerprint density at radius 3 is 2.23 bits per heavy atom. The number of halogens is 1. The average molecular weight is 482 g/mol. The Balaban J connectivity index is 1.53. The van der Waals surface area contributed by atoms with E-state index in [-0.39, 0.29) is 18.2 Å². The van der Waals surface area contributed by atoms with E-state index in [2.05, 4.69) is 69.2 Å². The summed E-state index contributed by atoms with van der Waals surface area (Å²) in [5.74, 6) is 0.808. The largest absolute Gasteiger partial charge is 0.444 e. The molecule has 0 saturated carbocycles. The number of carbonyl (C=O) groups excluding carboxylic acids is 1. The van der Waals surface area contributed by atoms with Crippen LogP contribution in [0.5, 0.6) is 0 Å². The Labute approximate surface area is 192 Å². The summed E-state index contributed by atoms with van der Waals surface area (Å²) in [5.41, 5.74) is 3.83. The van der Waals surface area contributed by atoms with Gasteiger partial charge in [-0.15, -0.1) is 0 Å². The van der Waals surface area contributed by atoms with Crippen molar-refractivity contribution < 1.29 is 9.53 Å². The highest BCUT2D eigenvalue weighted by Crippen LogP contribution is 2.36. The van der Waals surface area contributed by atoms with Gasteiger partial charge in [-0.2, -0.15) is 0 Å². The third kappa shape index (κ3) is 4.85. The number of likely N-dealkylation sites (tertiary alicyclic amines) is 1. The highest BCUT2D eigenvalue weighted by atomic mass is 79.9. The number of carbonyl (C=O) groups is 1. The van der Waals surface area contributed by atoms with Gasteiger partial charge in [0.1, 0.15) is 11.4 Å². The zero-order valence-electron chi connectivity index (χ0n) is 18.4. The molecule has 162 valence electrons. The van der Waals surface area contributed by atoms with Gasteiger partial charge in [-0.05, 0) is 69.4 Å².